The minimum Gasteiger partial charge on any atom is -0.300 e. The van der Waals surface area contributed by atoms with Gasteiger partial charge < -0.3 is 4.98 Å². The van der Waals surface area contributed by atoms with E-state index in [9.17, 15) is 14.0 Å². The average molecular weight is 784 g/mol. The summed E-state index contributed by atoms with van der Waals surface area (Å²) < 4.78 is 28.8. The fraction of sp³-hybridized carbons (Fsp3) is 0.128. The Morgan fingerprint density at radius 2 is 1.26 bits per heavy atom. The van der Waals surface area contributed by atoms with Gasteiger partial charge in [-0.1, -0.05) is 29.8 Å². The molecule has 6 aromatic rings. The van der Waals surface area contributed by atoms with Crippen molar-refractivity contribution in [2.45, 2.75) is 31.6 Å². The summed E-state index contributed by atoms with van der Waals surface area (Å²) in [7, 11) is 0. The number of pyridine rings is 3. The number of hydrogen-bond donors (Lipinski definition) is 0. The molecule has 3 heterocycles. The number of rotatable bonds is 6. The molecule has 228 valence electrons. The minimum absolute atomic E-state index is 0. The molecular weight excluding hydrogens is 755 g/mol. The molecule has 0 atom stereocenters. The van der Waals surface area contributed by atoms with Gasteiger partial charge in [-0.15, -0.1) is 23.3 Å². The Morgan fingerprint density at radius 1 is 0.674 bits per heavy atom. The van der Waals surface area contributed by atoms with Crippen LogP contribution in [0.25, 0.3) is 11.3 Å². The van der Waals surface area contributed by atoms with Gasteiger partial charge in [0.1, 0.15) is 0 Å². The topological polar surface area (TPSA) is 62.5 Å². The molecule has 0 aliphatic carbocycles. The van der Waals surface area contributed by atoms with Crippen molar-refractivity contribution in [3.63, 3.8) is 0 Å². The second kappa shape index (κ2) is 14.9. The van der Waals surface area contributed by atoms with Crippen LogP contribution in [0.3, 0.4) is 0 Å². The first kappa shape index (κ1) is 34.0. The Morgan fingerprint density at radius 3 is 1.78 bits per heavy atom. The number of halogens is 2. The first-order valence-corrected chi connectivity index (χ1v) is 14.3. The third kappa shape index (κ3) is 7.00. The number of nitriles is 1. The summed E-state index contributed by atoms with van der Waals surface area (Å²) in [6, 6.07) is 44.4. The zero-order chi connectivity index (χ0) is 31.9. The molecule has 0 saturated carbocycles. The maximum Gasteiger partial charge on any atom is 3.00 e. The van der Waals surface area contributed by atoms with Crippen LogP contribution in [0.2, 0.25) is 0 Å². The van der Waals surface area contributed by atoms with Crippen LogP contribution in [-0.4, -0.2) is 15.0 Å². The van der Waals surface area contributed by atoms with Crippen LogP contribution >= 0.6 is 0 Å². The van der Waals surface area contributed by atoms with Gasteiger partial charge in [0.25, 0.3) is 0 Å². The summed E-state index contributed by atoms with van der Waals surface area (Å²) in [5.41, 5.74) is 2.41. The van der Waals surface area contributed by atoms with Gasteiger partial charge in [-0.2, -0.15) is 65.9 Å². The Labute approximate surface area is 282 Å². The summed E-state index contributed by atoms with van der Waals surface area (Å²) in [6.07, 6.45) is 3.50. The summed E-state index contributed by atoms with van der Waals surface area (Å²) in [5.74, 6) is -1.93. The molecule has 7 heteroatoms. The van der Waals surface area contributed by atoms with E-state index in [1.54, 1.807) is 30.6 Å². The molecular formula is C39H29F2IrN4. The van der Waals surface area contributed by atoms with Crippen LogP contribution in [0, 0.1) is 41.2 Å². The maximum absolute atomic E-state index is 14.9. The molecule has 0 aliphatic rings. The number of nitrogens with zero attached hydrogens (tertiary/aromatic N) is 4. The number of aromatic nitrogens is 3. The van der Waals surface area contributed by atoms with E-state index in [1.807, 2.05) is 105 Å². The van der Waals surface area contributed by atoms with Crippen molar-refractivity contribution < 1.29 is 28.9 Å². The predicted molar refractivity (Wildman–Crippen MR) is 170 cm³/mol. The standard InChI is InChI=1S/C34H24F2N3.C5H5N.Ir/c1-33(2,29-17-10-16-28(38-29)25-20-21-27(35)26(22-37)32(25)36)30-18-11-19-31(39-30)34(3,23-12-6-4-7-13-23)24-14-8-5-9-15-24;1-2-4-6-5-3-1;/h4-12,14,16-19,21H,1-3H3;1-5H;/q-3;;+3. The van der Waals surface area contributed by atoms with Crippen LogP contribution in [0.15, 0.2) is 122 Å². The number of hydrogen-bond acceptors (Lipinski definition) is 4. The molecule has 0 N–H and O–H groups in total. The van der Waals surface area contributed by atoms with Gasteiger partial charge >= 0.3 is 20.1 Å². The first-order chi connectivity index (χ1) is 21.8. The van der Waals surface area contributed by atoms with E-state index in [2.05, 4.69) is 30.1 Å². The van der Waals surface area contributed by atoms with Gasteiger partial charge in [-0.25, -0.2) is 0 Å². The molecule has 6 rings (SSSR count). The molecule has 0 saturated heterocycles. The summed E-state index contributed by atoms with van der Waals surface area (Å²) >= 11 is 0. The predicted octanol–water partition coefficient (Wildman–Crippen LogP) is 8.45. The number of benzene rings is 3. The van der Waals surface area contributed by atoms with Crippen molar-refractivity contribution >= 4 is 0 Å². The van der Waals surface area contributed by atoms with Crippen LogP contribution in [0.5, 0.6) is 0 Å². The van der Waals surface area contributed by atoms with Crippen LogP contribution in [0.1, 0.15) is 54.5 Å². The molecule has 46 heavy (non-hydrogen) atoms. The van der Waals surface area contributed by atoms with Crippen LogP contribution in [0.4, 0.5) is 8.78 Å². The van der Waals surface area contributed by atoms with E-state index in [0.29, 0.717) is 5.69 Å². The van der Waals surface area contributed by atoms with Crippen molar-refractivity contribution in [3.8, 4) is 17.3 Å². The second-order valence-corrected chi connectivity index (χ2v) is 11.0. The zero-order valence-corrected chi connectivity index (χ0v) is 27.8. The van der Waals surface area contributed by atoms with Crippen LogP contribution < -0.4 is 0 Å². The monoisotopic (exact) mass is 784 g/mol. The molecule has 0 bridgehead atoms. The minimum atomic E-state index is -0.978. The van der Waals surface area contributed by atoms with Gasteiger partial charge in [0.05, 0.1) is 29.1 Å². The van der Waals surface area contributed by atoms with E-state index in [4.69, 9.17) is 9.97 Å². The summed E-state index contributed by atoms with van der Waals surface area (Å²) in [5, 5.41) is 9.18. The molecule has 3 aromatic heterocycles. The van der Waals surface area contributed by atoms with Gasteiger partial charge in [0.2, 0.25) is 0 Å². The Hall–Kier alpha value is -4.89. The van der Waals surface area contributed by atoms with Gasteiger partial charge in [0.15, 0.2) is 0 Å². The molecule has 0 radical (unpaired) electrons. The second-order valence-electron chi connectivity index (χ2n) is 11.0. The quantitative estimate of drug-likeness (QED) is 0.159. The zero-order valence-electron chi connectivity index (χ0n) is 25.4. The SMILES string of the molecule is CC(C)(c1cccc(-c2[c-]cc(F)c(C#N)c2F)n1)c1cccc(C(C)(c2[c-]cccc2)c2[c-]cccc2)n1.[Ir+3].c1ccncc1. The first-order valence-electron chi connectivity index (χ1n) is 14.3. The molecule has 3 aromatic carbocycles. The summed E-state index contributed by atoms with van der Waals surface area (Å²) in [6.45, 7) is 6.11. The third-order valence-corrected chi connectivity index (χ3v) is 7.74. The van der Waals surface area contributed by atoms with Crippen molar-refractivity contribution in [2.24, 2.45) is 0 Å². The fourth-order valence-corrected chi connectivity index (χ4v) is 5.05. The van der Waals surface area contributed by atoms with Crippen molar-refractivity contribution in [1.29, 1.82) is 5.26 Å². The molecule has 0 amide bonds. The van der Waals surface area contributed by atoms with E-state index in [1.165, 1.54) is 0 Å². The third-order valence-electron chi connectivity index (χ3n) is 7.74. The maximum atomic E-state index is 14.9. The molecule has 0 spiro atoms. The van der Waals surface area contributed by atoms with E-state index in [0.717, 1.165) is 28.6 Å². The van der Waals surface area contributed by atoms with E-state index in [-0.39, 0.29) is 31.4 Å². The van der Waals surface area contributed by atoms with Gasteiger partial charge in [-0.3, -0.25) is 18.7 Å². The van der Waals surface area contributed by atoms with Gasteiger partial charge in [-0.05, 0) is 56.8 Å². The van der Waals surface area contributed by atoms with E-state index >= 15 is 0 Å². The smallest absolute Gasteiger partial charge is 0.300 e. The largest absolute Gasteiger partial charge is 3.00 e. The normalized spacial score (nSPS) is 11.0. The van der Waals surface area contributed by atoms with Gasteiger partial charge in [0, 0.05) is 34.5 Å². The molecule has 0 aliphatic heterocycles. The Kier molecular flexibility index (Phi) is 11.0. The fourth-order valence-electron chi connectivity index (χ4n) is 5.05. The van der Waals surface area contributed by atoms with Crippen molar-refractivity contribution in [2.75, 3.05) is 0 Å². The average Bonchev–Trinajstić information content (AvgIpc) is 3.10. The molecule has 4 nitrogen and oxygen atoms in total. The van der Waals surface area contributed by atoms with Crippen molar-refractivity contribution in [1.82, 2.24) is 15.0 Å². The Bertz CT molecular complexity index is 1860. The molecule has 0 unspecified atom stereocenters. The summed E-state index contributed by atoms with van der Waals surface area (Å²) in [4.78, 5) is 13.6. The van der Waals surface area contributed by atoms with Crippen LogP contribution in [-0.2, 0) is 30.9 Å². The van der Waals surface area contributed by atoms with Crippen molar-refractivity contribution in [3.05, 3.63) is 185 Å². The van der Waals surface area contributed by atoms with E-state index < -0.39 is 28.0 Å². The Balaban J connectivity index is 0.000000617. The molecule has 0 fully saturated rings.